The van der Waals surface area contributed by atoms with Crippen molar-refractivity contribution in [2.24, 2.45) is 0 Å². The molecule has 2 aliphatic heterocycles. The number of rotatable bonds is 5. The average molecular weight is 332 g/mol. The number of carboxylic acid groups (broad SMARTS) is 1. The van der Waals surface area contributed by atoms with Gasteiger partial charge in [0, 0.05) is 26.2 Å². The summed E-state index contributed by atoms with van der Waals surface area (Å²) in [5.74, 6) is -1.01. The largest absolute Gasteiger partial charge is 0.480 e. The zero-order chi connectivity index (χ0) is 16.9. The van der Waals surface area contributed by atoms with E-state index in [9.17, 15) is 14.7 Å². The maximum Gasteiger partial charge on any atom is 0.326 e. The number of hydrogen-bond donors (Lipinski definition) is 1. The van der Waals surface area contributed by atoms with Gasteiger partial charge in [0.1, 0.15) is 6.04 Å². The molecule has 6 heteroatoms. The number of carbonyl (C=O) groups excluding carboxylic acids is 1. The van der Waals surface area contributed by atoms with Crippen LogP contribution >= 0.6 is 0 Å². The van der Waals surface area contributed by atoms with Gasteiger partial charge in [-0.15, -0.1) is 0 Å². The van der Waals surface area contributed by atoms with Gasteiger partial charge in [-0.1, -0.05) is 30.3 Å². The summed E-state index contributed by atoms with van der Waals surface area (Å²) in [7, 11) is 0. The number of morpholine rings is 1. The Labute approximate surface area is 142 Å². The van der Waals surface area contributed by atoms with E-state index in [1.165, 1.54) is 10.5 Å². The molecular weight excluding hydrogens is 308 g/mol. The first-order valence-electron chi connectivity index (χ1n) is 8.53. The molecule has 24 heavy (non-hydrogen) atoms. The number of carbonyl (C=O) groups is 2. The topological polar surface area (TPSA) is 70.1 Å². The van der Waals surface area contributed by atoms with Crippen LogP contribution in [0.1, 0.15) is 24.8 Å². The monoisotopic (exact) mass is 332 g/mol. The number of likely N-dealkylation sites (tertiary alicyclic amines) is 1. The molecule has 130 valence electrons. The first kappa shape index (κ1) is 16.9. The average Bonchev–Trinajstić information content (AvgIpc) is 3.06. The van der Waals surface area contributed by atoms with Crippen LogP contribution in [0.4, 0.5) is 0 Å². The summed E-state index contributed by atoms with van der Waals surface area (Å²) in [6.45, 7) is 3.53. The van der Waals surface area contributed by atoms with E-state index in [-0.39, 0.29) is 18.4 Å². The molecule has 1 aromatic carbocycles. The maximum absolute atomic E-state index is 12.5. The third-order valence-electron chi connectivity index (χ3n) is 4.73. The van der Waals surface area contributed by atoms with E-state index in [1.54, 1.807) is 0 Å². The second-order valence-corrected chi connectivity index (χ2v) is 6.50. The molecule has 6 nitrogen and oxygen atoms in total. The second kappa shape index (κ2) is 7.77. The van der Waals surface area contributed by atoms with Crippen molar-refractivity contribution in [3.63, 3.8) is 0 Å². The van der Waals surface area contributed by atoms with E-state index in [0.717, 1.165) is 19.5 Å². The summed E-state index contributed by atoms with van der Waals surface area (Å²) in [5, 5.41) is 9.21. The Bertz CT molecular complexity index is 578. The van der Waals surface area contributed by atoms with Crippen molar-refractivity contribution in [1.82, 2.24) is 9.80 Å². The van der Waals surface area contributed by atoms with E-state index in [1.807, 2.05) is 18.2 Å². The lowest BCUT2D eigenvalue weighted by molar-refractivity contribution is -0.150. The van der Waals surface area contributed by atoms with Gasteiger partial charge in [0.15, 0.2) is 0 Å². The number of benzene rings is 1. The fourth-order valence-corrected chi connectivity index (χ4v) is 3.52. The summed E-state index contributed by atoms with van der Waals surface area (Å²) >= 11 is 0. The molecule has 0 aromatic heterocycles. The molecule has 2 fully saturated rings. The fourth-order valence-electron chi connectivity index (χ4n) is 3.52. The summed E-state index contributed by atoms with van der Waals surface area (Å²) in [4.78, 5) is 27.5. The van der Waals surface area contributed by atoms with Gasteiger partial charge in [-0.3, -0.25) is 9.69 Å². The molecule has 1 N–H and O–H groups in total. The summed E-state index contributed by atoms with van der Waals surface area (Å²) in [5.41, 5.74) is 1.25. The maximum atomic E-state index is 12.5. The molecule has 0 radical (unpaired) electrons. The van der Waals surface area contributed by atoms with E-state index >= 15 is 0 Å². The second-order valence-electron chi connectivity index (χ2n) is 6.50. The highest BCUT2D eigenvalue weighted by Gasteiger charge is 2.35. The number of amides is 1. The molecule has 2 heterocycles. The molecule has 1 aromatic rings. The minimum Gasteiger partial charge on any atom is -0.480 e. The lowest BCUT2D eigenvalue weighted by Gasteiger charge is -2.33. The zero-order valence-electron chi connectivity index (χ0n) is 13.8. The van der Waals surface area contributed by atoms with Crippen molar-refractivity contribution in [2.75, 3.05) is 26.2 Å². The smallest absolute Gasteiger partial charge is 0.326 e. The van der Waals surface area contributed by atoms with Crippen LogP contribution in [0.15, 0.2) is 30.3 Å². The molecule has 2 atom stereocenters. The van der Waals surface area contributed by atoms with Crippen LogP contribution in [0, 0.1) is 0 Å². The van der Waals surface area contributed by atoms with Crippen molar-refractivity contribution >= 4 is 11.9 Å². The predicted molar refractivity (Wildman–Crippen MR) is 88.4 cm³/mol. The Morgan fingerprint density at radius 3 is 2.75 bits per heavy atom. The van der Waals surface area contributed by atoms with Crippen LogP contribution in [-0.2, 0) is 20.9 Å². The van der Waals surface area contributed by atoms with Gasteiger partial charge in [0.25, 0.3) is 0 Å². The standard InChI is InChI=1S/C18H24N2O4/c21-17(20-8-4-7-16(20)18(22)23)11-15-13-19(9-10-24-15)12-14-5-2-1-3-6-14/h1-3,5-6,15-16H,4,7-13H2,(H,22,23)/t15?,16-/m1/s1. The fraction of sp³-hybridized carbons (Fsp3) is 0.556. The van der Waals surface area contributed by atoms with Gasteiger partial charge in [-0.05, 0) is 18.4 Å². The lowest BCUT2D eigenvalue weighted by atomic mass is 10.1. The van der Waals surface area contributed by atoms with E-state index in [4.69, 9.17) is 4.74 Å². The van der Waals surface area contributed by atoms with E-state index < -0.39 is 12.0 Å². The molecule has 1 amide bonds. The van der Waals surface area contributed by atoms with Crippen molar-refractivity contribution in [2.45, 2.75) is 38.0 Å². The Balaban J connectivity index is 1.53. The normalized spacial score (nSPS) is 24.9. The predicted octanol–water partition coefficient (Wildman–Crippen LogP) is 1.35. The highest BCUT2D eigenvalue weighted by atomic mass is 16.5. The van der Waals surface area contributed by atoms with Gasteiger partial charge < -0.3 is 14.7 Å². The molecular formula is C18H24N2O4. The number of hydrogen-bond acceptors (Lipinski definition) is 4. The molecule has 0 aliphatic carbocycles. The van der Waals surface area contributed by atoms with E-state index in [2.05, 4.69) is 17.0 Å². The number of ether oxygens (including phenoxy) is 1. The van der Waals surface area contributed by atoms with Crippen LogP contribution in [0.5, 0.6) is 0 Å². The van der Waals surface area contributed by atoms with Crippen LogP contribution in [-0.4, -0.2) is 65.2 Å². The van der Waals surface area contributed by atoms with Crippen molar-refractivity contribution < 1.29 is 19.4 Å². The Hall–Kier alpha value is -1.92. The third-order valence-corrected chi connectivity index (χ3v) is 4.73. The first-order valence-corrected chi connectivity index (χ1v) is 8.53. The quantitative estimate of drug-likeness (QED) is 0.881. The van der Waals surface area contributed by atoms with Gasteiger partial charge in [-0.25, -0.2) is 4.79 Å². The van der Waals surface area contributed by atoms with E-state index in [0.29, 0.717) is 26.1 Å². The Morgan fingerprint density at radius 2 is 2.00 bits per heavy atom. The number of carboxylic acids is 1. The molecule has 2 aliphatic rings. The Morgan fingerprint density at radius 1 is 1.21 bits per heavy atom. The molecule has 3 rings (SSSR count). The van der Waals surface area contributed by atoms with Gasteiger partial charge in [0.2, 0.25) is 5.91 Å². The van der Waals surface area contributed by atoms with Crippen LogP contribution in [0.2, 0.25) is 0 Å². The first-order chi connectivity index (χ1) is 11.6. The van der Waals surface area contributed by atoms with Gasteiger partial charge in [0.05, 0.1) is 19.1 Å². The molecule has 1 unspecified atom stereocenters. The van der Waals surface area contributed by atoms with Crippen LogP contribution < -0.4 is 0 Å². The number of nitrogens with zero attached hydrogens (tertiary/aromatic N) is 2. The van der Waals surface area contributed by atoms with Gasteiger partial charge >= 0.3 is 5.97 Å². The minimum atomic E-state index is -0.906. The number of aliphatic carboxylic acids is 1. The zero-order valence-corrected chi connectivity index (χ0v) is 13.8. The van der Waals surface area contributed by atoms with Crippen LogP contribution in [0.3, 0.4) is 0 Å². The van der Waals surface area contributed by atoms with Crippen LogP contribution in [0.25, 0.3) is 0 Å². The van der Waals surface area contributed by atoms with Crippen molar-refractivity contribution in [3.8, 4) is 0 Å². The minimum absolute atomic E-state index is 0.105. The lowest BCUT2D eigenvalue weighted by Crippen LogP contribution is -2.46. The highest BCUT2D eigenvalue weighted by Crippen LogP contribution is 2.20. The molecule has 0 saturated carbocycles. The summed E-state index contributed by atoms with van der Waals surface area (Å²) in [6, 6.07) is 9.57. The SMILES string of the molecule is O=C(O)[C@H]1CCCN1C(=O)CC1CN(Cc2ccccc2)CCO1. The highest BCUT2D eigenvalue weighted by molar-refractivity contribution is 5.84. The molecule has 0 spiro atoms. The molecule has 2 saturated heterocycles. The molecule has 0 bridgehead atoms. The van der Waals surface area contributed by atoms with Crippen molar-refractivity contribution in [1.29, 1.82) is 0 Å². The van der Waals surface area contributed by atoms with Gasteiger partial charge in [-0.2, -0.15) is 0 Å². The Kier molecular flexibility index (Phi) is 5.48. The van der Waals surface area contributed by atoms with Crippen molar-refractivity contribution in [3.05, 3.63) is 35.9 Å². The summed E-state index contributed by atoms with van der Waals surface area (Å²) in [6.07, 6.45) is 1.40. The third kappa shape index (κ3) is 4.13. The summed E-state index contributed by atoms with van der Waals surface area (Å²) < 4.78 is 5.74.